The van der Waals surface area contributed by atoms with E-state index in [4.69, 9.17) is 10.5 Å². The molecule has 78 valence electrons. The van der Waals surface area contributed by atoms with Gasteiger partial charge in [-0.05, 0) is 22.6 Å². The second-order valence-corrected chi connectivity index (χ2v) is 2.87. The molecule has 7 heteroatoms. The molecule has 1 aromatic heterocycles. The summed E-state index contributed by atoms with van der Waals surface area (Å²) in [5.74, 6) is -0.106. The lowest BCUT2D eigenvalue weighted by Gasteiger charge is -2.05. The zero-order valence-corrected chi connectivity index (χ0v) is 7.88. The van der Waals surface area contributed by atoms with Crippen molar-refractivity contribution < 1.29 is 9.13 Å². The standard InChI is InChI=1S/C8H8FN5O/c1-14-8(11-12-13-14)15-7-3-2-5(9)4-6(7)10/h2-4H,10H2,1H3. The van der Waals surface area contributed by atoms with Crippen LogP contribution in [0, 0.1) is 5.82 Å². The molecule has 0 radical (unpaired) electrons. The number of hydrogen-bond acceptors (Lipinski definition) is 5. The van der Waals surface area contributed by atoms with Crippen molar-refractivity contribution in [2.24, 2.45) is 7.05 Å². The van der Waals surface area contributed by atoms with Crippen molar-refractivity contribution in [2.75, 3.05) is 5.73 Å². The van der Waals surface area contributed by atoms with E-state index in [0.717, 1.165) is 0 Å². The van der Waals surface area contributed by atoms with Crippen molar-refractivity contribution in [3.8, 4) is 11.8 Å². The molecule has 15 heavy (non-hydrogen) atoms. The molecule has 1 heterocycles. The Labute approximate surface area is 84.5 Å². The third-order valence-electron chi connectivity index (χ3n) is 1.75. The summed E-state index contributed by atoms with van der Waals surface area (Å²) in [5.41, 5.74) is 5.74. The van der Waals surface area contributed by atoms with Gasteiger partial charge in [0, 0.05) is 13.1 Å². The minimum Gasteiger partial charge on any atom is -0.421 e. The zero-order valence-electron chi connectivity index (χ0n) is 7.88. The van der Waals surface area contributed by atoms with E-state index in [2.05, 4.69) is 15.5 Å². The number of tetrazole rings is 1. The van der Waals surface area contributed by atoms with Gasteiger partial charge in [-0.15, -0.1) is 0 Å². The topological polar surface area (TPSA) is 78.8 Å². The molecular weight excluding hydrogens is 201 g/mol. The molecule has 0 unspecified atom stereocenters. The summed E-state index contributed by atoms with van der Waals surface area (Å²) in [6.07, 6.45) is 0. The van der Waals surface area contributed by atoms with Crippen LogP contribution in [0.25, 0.3) is 0 Å². The fourth-order valence-electron chi connectivity index (χ4n) is 1.02. The van der Waals surface area contributed by atoms with Gasteiger partial charge in [0.05, 0.1) is 5.69 Å². The highest BCUT2D eigenvalue weighted by Crippen LogP contribution is 2.25. The summed E-state index contributed by atoms with van der Waals surface area (Å²) in [4.78, 5) is 0. The van der Waals surface area contributed by atoms with Crippen LogP contribution in [-0.2, 0) is 7.05 Å². The van der Waals surface area contributed by atoms with Crippen LogP contribution in [0.1, 0.15) is 0 Å². The second kappa shape index (κ2) is 3.52. The smallest absolute Gasteiger partial charge is 0.340 e. The minimum atomic E-state index is -0.420. The number of nitrogens with two attached hydrogens (primary N) is 1. The molecule has 2 aromatic rings. The van der Waals surface area contributed by atoms with Gasteiger partial charge < -0.3 is 10.5 Å². The van der Waals surface area contributed by atoms with Gasteiger partial charge in [0.2, 0.25) is 0 Å². The number of rotatable bonds is 2. The van der Waals surface area contributed by atoms with Gasteiger partial charge >= 0.3 is 6.01 Å². The highest BCUT2D eigenvalue weighted by atomic mass is 19.1. The number of halogens is 1. The number of ether oxygens (including phenoxy) is 1. The van der Waals surface area contributed by atoms with Crippen molar-refractivity contribution in [3.63, 3.8) is 0 Å². The molecule has 6 nitrogen and oxygen atoms in total. The predicted octanol–water partition coefficient (Wildman–Crippen LogP) is 0.724. The average Bonchev–Trinajstić information content (AvgIpc) is 2.57. The Bertz CT molecular complexity index is 484. The summed E-state index contributed by atoms with van der Waals surface area (Å²) in [5, 5.41) is 10.6. The van der Waals surface area contributed by atoms with E-state index in [1.165, 1.54) is 22.9 Å². The zero-order chi connectivity index (χ0) is 10.8. The van der Waals surface area contributed by atoms with E-state index < -0.39 is 5.82 Å². The lowest BCUT2D eigenvalue weighted by atomic mass is 10.3. The molecule has 0 fully saturated rings. The van der Waals surface area contributed by atoms with Crippen molar-refractivity contribution >= 4 is 5.69 Å². The quantitative estimate of drug-likeness (QED) is 0.737. The number of anilines is 1. The van der Waals surface area contributed by atoms with Crippen LogP contribution in [0.5, 0.6) is 11.8 Å². The van der Waals surface area contributed by atoms with Crippen molar-refractivity contribution in [1.82, 2.24) is 20.2 Å². The van der Waals surface area contributed by atoms with Gasteiger partial charge in [-0.3, -0.25) is 0 Å². The number of aromatic nitrogens is 4. The summed E-state index contributed by atoms with van der Waals surface area (Å²) in [6, 6.07) is 4.02. The first-order valence-corrected chi connectivity index (χ1v) is 4.12. The molecule has 2 N–H and O–H groups in total. The molecule has 0 spiro atoms. The van der Waals surface area contributed by atoms with Gasteiger partial charge in [0.15, 0.2) is 5.75 Å². The van der Waals surface area contributed by atoms with E-state index in [0.29, 0.717) is 5.75 Å². The van der Waals surface area contributed by atoms with E-state index in [1.807, 2.05) is 0 Å². The third kappa shape index (κ3) is 1.85. The molecule has 0 bridgehead atoms. The molecule has 0 saturated carbocycles. The Balaban J connectivity index is 2.29. The third-order valence-corrected chi connectivity index (χ3v) is 1.75. The Morgan fingerprint density at radius 1 is 1.47 bits per heavy atom. The number of nitrogen functional groups attached to an aromatic ring is 1. The average molecular weight is 209 g/mol. The van der Waals surface area contributed by atoms with Crippen LogP contribution >= 0.6 is 0 Å². The number of aryl methyl sites for hydroxylation is 1. The van der Waals surface area contributed by atoms with Crippen molar-refractivity contribution in [1.29, 1.82) is 0 Å². The van der Waals surface area contributed by atoms with E-state index in [9.17, 15) is 4.39 Å². The van der Waals surface area contributed by atoms with Gasteiger partial charge in [0.25, 0.3) is 0 Å². The second-order valence-electron chi connectivity index (χ2n) is 2.87. The minimum absolute atomic E-state index is 0.188. The first-order chi connectivity index (χ1) is 7.16. The van der Waals surface area contributed by atoms with Gasteiger partial charge in [-0.1, -0.05) is 5.10 Å². The van der Waals surface area contributed by atoms with Crippen LogP contribution in [0.2, 0.25) is 0 Å². The van der Waals surface area contributed by atoms with Crippen molar-refractivity contribution in [3.05, 3.63) is 24.0 Å². The van der Waals surface area contributed by atoms with Crippen LogP contribution in [-0.4, -0.2) is 20.2 Å². The fourth-order valence-corrected chi connectivity index (χ4v) is 1.02. The molecule has 0 aliphatic rings. The highest BCUT2D eigenvalue weighted by Gasteiger charge is 2.08. The van der Waals surface area contributed by atoms with Gasteiger partial charge in [-0.25, -0.2) is 4.39 Å². The maximum atomic E-state index is 12.7. The molecule has 0 amide bonds. The van der Waals surface area contributed by atoms with E-state index in [1.54, 1.807) is 7.05 Å². The maximum Gasteiger partial charge on any atom is 0.340 e. The lowest BCUT2D eigenvalue weighted by Crippen LogP contribution is -1.98. The number of hydrogen-bond donors (Lipinski definition) is 1. The normalized spacial score (nSPS) is 10.3. The first kappa shape index (κ1) is 9.38. The Morgan fingerprint density at radius 2 is 2.27 bits per heavy atom. The summed E-state index contributed by atoms with van der Waals surface area (Å²) < 4.78 is 19.3. The summed E-state index contributed by atoms with van der Waals surface area (Å²) >= 11 is 0. The predicted molar refractivity (Wildman–Crippen MR) is 49.7 cm³/mol. The fraction of sp³-hybridized carbons (Fsp3) is 0.125. The van der Waals surface area contributed by atoms with Crippen LogP contribution in [0.3, 0.4) is 0 Å². The molecule has 2 rings (SSSR count). The molecule has 0 atom stereocenters. The maximum absolute atomic E-state index is 12.7. The van der Waals surface area contributed by atoms with Crippen molar-refractivity contribution in [2.45, 2.75) is 0 Å². The molecule has 0 aliphatic heterocycles. The number of nitrogens with zero attached hydrogens (tertiary/aromatic N) is 4. The largest absolute Gasteiger partial charge is 0.421 e. The molecular formula is C8H8FN5O. The Hall–Kier alpha value is -2.18. The number of benzene rings is 1. The summed E-state index contributed by atoms with van der Waals surface area (Å²) in [6.45, 7) is 0. The highest BCUT2D eigenvalue weighted by molar-refractivity contribution is 5.53. The van der Waals surface area contributed by atoms with E-state index >= 15 is 0 Å². The lowest BCUT2D eigenvalue weighted by molar-refractivity contribution is 0.415. The van der Waals surface area contributed by atoms with Crippen LogP contribution in [0.4, 0.5) is 10.1 Å². The Morgan fingerprint density at radius 3 is 2.87 bits per heavy atom. The monoisotopic (exact) mass is 209 g/mol. The Kier molecular flexibility index (Phi) is 2.20. The summed E-state index contributed by atoms with van der Waals surface area (Å²) in [7, 11) is 1.62. The van der Waals surface area contributed by atoms with Gasteiger partial charge in [0.1, 0.15) is 5.82 Å². The van der Waals surface area contributed by atoms with Gasteiger partial charge in [-0.2, -0.15) is 4.68 Å². The van der Waals surface area contributed by atoms with Crippen LogP contribution in [0.15, 0.2) is 18.2 Å². The SMILES string of the molecule is Cn1nnnc1Oc1ccc(F)cc1N. The molecule has 0 aliphatic carbocycles. The first-order valence-electron chi connectivity index (χ1n) is 4.12. The van der Waals surface area contributed by atoms with E-state index in [-0.39, 0.29) is 11.7 Å². The molecule has 0 saturated heterocycles. The molecule has 1 aromatic carbocycles. The van der Waals surface area contributed by atoms with Crippen LogP contribution < -0.4 is 10.5 Å².